The summed E-state index contributed by atoms with van der Waals surface area (Å²) in [5.74, 6) is 5.52. The van der Waals surface area contributed by atoms with Crippen molar-refractivity contribution in [1.29, 1.82) is 0 Å². The van der Waals surface area contributed by atoms with Crippen LogP contribution in [0.15, 0.2) is 0 Å². The van der Waals surface area contributed by atoms with E-state index < -0.39 is 0 Å². The fourth-order valence-corrected chi connectivity index (χ4v) is 2.03. The van der Waals surface area contributed by atoms with Gasteiger partial charge in [0, 0.05) is 25.2 Å². The van der Waals surface area contributed by atoms with Gasteiger partial charge in [-0.2, -0.15) is 0 Å². The standard InChI is InChI=1S/C13H23N3O2/c1-4-5-6-14-13(17)15-9-11(2)16-7-8-18-10-12(16)3/h11-12H,6-10H2,1-3H3,(H2,14,15,17)/t11-,12-/m1/s1. The van der Waals surface area contributed by atoms with Crippen molar-refractivity contribution < 1.29 is 9.53 Å². The van der Waals surface area contributed by atoms with Gasteiger partial charge in [0.25, 0.3) is 0 Å². The molecule has 0 spiro atoms. The van der Waals surface area contributed by atoms with Gasteiger partial charge in [0.05, 0.1) is 19.8 Å². The maximum Gasteiger partial charge on any atom is 0.315 e. The smallest absolute Gasteiger partial charge is 0.315 e. The van der Waals surface area contributed by atoms with Crippen LogP contribution in [0.3, 0.4) is 0 Å². The van der Waals surface area contributed by atoms with E-state index in [-0.39, 0.29) is 6.03 Å². The predicted octanol–water partition coefficient (Wildman–Crippen LogP) is 0.418. The molecule has 2 amide bonds. The third kappa shape index (κ3) is 4.94. The number of nitrogens with one attached hydrogen (secondary N) is 2. The molecular weight excluding hydrogens is 230 g/mol. The van der Waals surface area contributed by atoms with Crippen LogP contribution in [0.2, 0.25) is 0 Å². The second-order valence-corrected chi connectivity index (χ2v) is 4.50. The van der Waals surface area contributed by atoms with Crippen molar-refractivity contribution in [2.45, 2.75) is 32.9 Å². The van der Waals surface area contributed by atoms with E-state index in [1.54, 1.807) is 6.92 Å². The molecule has 5 nitrogen and oxygen atoms in total. The average molecular weight is 253 g/mol. The third-order valence-corrected chi connectivity index (χ3v) is 3.06. The van der Waals surface area contributed by atoms with Gasteiger partial charge in [0.1, 0.15) is 0 Å². The van der Waals surface area contributed by atoms with Crippen LogP contribution in [0.5, 0.6) is 0 Å². The first-order valence-corrected chi connectivity index (χ1v) is 6.40. The minimum Gasteiger partial charge on any atom is -0.379 e. The highest BCUT2D eigenvalue weighted by atomic mass is 16.5. The van der Waals surface area contributed by atoms with E-state index in [9.17, 15) is 4.79 Å². The van der Waals surface area contributed by atoms with Crippen LogP contribution in [-0.4, -0.2) is 55.9 Å². The number of urea groups is 1. The lowest BCUT2D eigenvalue weighted by atomic mass is 10.2. The van der Waals surface area contributed by atoms with Gasteiger partial charge in [-0.1, -0.05) is 5.92 Å². The van der Waals surface area contributed by atoms with E-state index in [2.05, 4.69) is 41.2 Å². The fourth-order valence-electron chi connectivity index (χ4n) is 2.03. The lowest BCUT2D eigenvalue weighted by Gasteiger charge is -2.37. The van der Waals surface area contributed by atoms with E-state index in [0.717, 1.165) is 19.8 Å². The molecule has 1 aliphatic heterocycles. The second kappa shape index (κ2) is 7.96. The van der Waals surface area contributed by atoms with E-state index in [0.29, 0.717) is 25.2 Å². The Morgan fingerprint density at radius 2 is 2.33 bits per heavy atom. The maximum atomic E-state index is 11.5. The minimum atomic E-state index is -0.162. The predicted molar refractivity (Wildman–Crippen MR) is 71.3 cm³/mol. The van der Waals surface area contributed by atoms with Gasteiger partial charge < -0.3 is 15.4 Å². The summed E-state index contributed by atoms with van der Waals surface area (Å²) >= 11 is 0. The molecular formula is C13H23N3O2. The highest BCUT2D eigenvalue weighted by molar-refractivity contribution is 5.74. The van der Waals surface area contributed by atoms with Crippen molar-refractivity contribution in [1.82, 2.24) is 15.5 Å². The van der Waals surface area contributed by atoms with Gasteiger partial charge in [0.15, 0.2) is 0 Å². The summed E-state index contributed by atoms with van der Waals surface area (Å²) in [7, 11) is 0. The van der Waals surface area contributed by atoms with E-state index in [1.165, 1.54) is 0 Å². The van der Waals surface area contributed by atoms with Crippen molar-refractivity contribution in [2.24, 2.45) is 0 Å². The van der Waals surface area contributed by atoms with Crippen molar-refractivity contribution in [3.63, 3.8) is 0 Å². The molecule has 1 heterocycles. The summed E-state index contributed by atoms with van der Waals surface area (Å²) in [5, 5.41) is 5.55. The van der Waals surface area contributed by atoms with Gasteiger partial charge >= 0.3 is 6.03 Å². The van der Waals surface area contributed by atoms with Crippen LogP contribution in [-0.2, 0) is 4.74 Å². The van der Waals surface area contributed by atoms with Crippen LogP contribution >= 0.6 is 0 Å². The zero-order chi connectivity index (χ0) is 13.4. The lowest BCUT2D eigenvalue weighted by Crippen LogP contribution is -2.52. The molecule has 102 valence electrons. The van der Waals surface area contributed by atoms with Crippen LogP contribution < -0.4 is 10.6 Å². The normalized spacial score (nSPS) is 21.6. The molecule has 1 aliphatic rings. The van der Waals surface area contributed by atoms with Crippen LogP contribution in [0.25, 0.3) is 0 Å². The van der Waals surface area contributed by atoms with Crippen LogP contribution in [0.4, 0.5) is 4.79 Å². The molecule has 0 aliphatic carbocycles. The molecule has 1 saturated heterocycles. The molecule has 0 saturated carbocycles. The van der Waals surface area contributed by atoms with Crippen molar-refractivity contribution in [3.05, 3.63) is 0 Å². The Kier molecular flexibility index (Phi) is 6.55. The van der Waals surface area contributed by atoms with Gasteiger partial charge in [-0.3, -0.25) is 4.90 Å². The first-order chi connectivity index (χ1) is 8.65. The quantitative estimate of drug-likeness (QED) is 0.714. The molecule has 0 radical (unpaired) electrons. The van der Waals surface area contributed by atoms with E-state index >= 15 is 0 Å². The first kappa shape index (κ1) is 14.8. The maximum absolute atomic E-state index is 11.5. The molecule has 0 unspecified atom stereocenters. The zero-order valence-electron chi connectivity index (χ0n) is 11.5. The summed E-state index contributed by atoms with van der Waals surface area (Å²) in [5.41, 5.74) is 0. The highest BCUT2D eigenvalue weighted by Gasteiger charge is 2.23. The lowest BCUT2D eigenvalue weighted by molar-refractivity contribution is -0.0176. The highest BCUT2D eigenvalue weighted by Crippen LogP contribution is 2.09. The molecule has 18 heavy (non-hydrogen) atoms. The molecule has 0 aromatic heterocycles. The number of morpholine rings is 1. The minimum absolute atomic E-state index is 0.162. The Bertz CT molecular complexity index is 322. The van der Waals surface area contributed by atoms with Gasteiger partial charge in [-0.25, -0.2) is 4.79 Å². The van der Waals surface area contributed by atoms with Gasteiger partial charge in [-0.15, -0.1) is 5.92 Å². The SMILES string of the molecule is CC#CCNC(=O)NC[C@@H](C)N1CCOC[C@H]1C. The summed E-state index contributed by atoms with van der Waals surface area (Å²) in [6.07, 6.45) is 0. The van der Waals surface area contributed by atoms with Crippen molar-refractivity contribution in [3.8, 4) is 11.8 Å². The zero-order valence-corrected chi connectivity index (χ0v) is 11.5. The summed E-state index contributed by atoms with van der Waals surface area (Å²) in [4.78, 5) is 13.8. The Hall–Kier alpha value is -1.25. The Balaban J connectivity index is 2.24. The number of rotatable bonds is 4. The van der Waals surface area contributed by atoms with E-state index in [1.807, 2.05) is 0 Å². The molecule has 1 rings (SSSR count). The summed E-state index contributed by atoms with van der Waals surface area (Å²) < 4.78 is 5.40. The molecule has 2 N–H and O–H groups in total. The van der Waals surface area contributed by atoms with Crippen LogP contribution in [0, 0.1) is 11.8 Å². The topological polar surface area (TPSA) is 53.6 Å². The average Bonchev–Trinajstić information content (AvgIpc) is 2.37. The van der Waals surface area contributed by atoms with Gasteiger partial charge in [-0.05, 0) is 20.8 Å². The van der Waals surface area contributed by atoms with Crippen molar-refractivity contribution in [2.75, 3.05) is 32.8 Å². The number of hydrogen-bond donors (Lipinski definition) is 2. The van der Waals surface area contributed by atoms with Gasteiger partial charge in [0.2, 0.25) is 0 Å². The largest absolute Gasteiger partial charge is 0.379 e. The van der Waals surface area contributed by atoms with E-state index in [4.69, 9.17) is 4.74 Å². The number of carbonyl (C=O) groups is 1. The fraction of sp³-hybridized carbons (Fsp3) is 0.769. The molecule has 1 fully saturated rings. The Morgan fingerprint density at radius 3 is 3.00 bits per heavy atom. The number of amides is 2. The first-order valence-electron chi connectivity index (χ1n) is 6.40. The molecule has 0 aromatic rings. The summed E-state index contributed by atoms with van der Waals surface area (Å²) in [6.45, 7) is 9.50. The monoisotopic (exact) mass is 253 g/mol. The molecule has 0 bridgehead atoms. The third-order valence-electron chi connectivity index (χ3n) is 3.06. The number of nitrogens with zero attached hydrogens (tertiary/aromatic N) is 1. The number of ether oxygens (including phenoxy) is 1. The molecule has 5 heteroatoms. The Labute approximate surface area is 109 Å². The van der Waals surface area contributed by atoms with Crippen LogP contribution in [0.1, 0.15) is 20.8 Å². The Morgan fingerprint density at radius 1 is 1.56 bits per heavy atom. The molecule has 0 aromatic carbocycles. The summed E-state index contributed by atoms with van der Waals surface area (Å²) in [6, 6.07) is 0.557. The number of hydrogen-bond acceptors (Lipinski definition) is 3. The molecule has 2 atom stereocenters. The second-order valence-electron chi connectivity index (χ2n) is 4.50. The number of carbonyl (C=O) groups excluding carboxylic acids is 1. The van der Waals surface area contributed by atoms with Crippen molar-refractivity contribution >= 4 is 6.03 Å².